The minimum atomic E-state index is -5.28. The van der Waals surface area contributed by atoms with Crippen LogP contribution in [-0.2, 0) is 16.1 Å². The standard InChI is InChI=1S/C24H23F3N2O5/c1-22(2)11-16-19(17(30)12-22)23(24(25,26)27,28-20(31)18-5-4-10-34-18)21(32)29(16)13-14-6-8-15(33-3)9-7-14/h4-10H,11-13H2,1-3H3,(H,28,31). The van der Waals surface area contributed by atoms with Gasteiger partial charge in [-0.3, -0.25) is 14.4 Å². The van der Waals surface area contributed by atoms with Gasteiger partial charge in [0, 0.05) is 12.1 Å². The molecule has 1 aromatic heterocycles. The number of halogens is 3. The molecule has 1 unspecified atom stereocenters. The molecule has 1 atom stereocenters. The molecule has 0 saturated carbocycles. The molecule has 4 rings (SSSR count). The molecular formula is C24H23F3N2O5. The zero-order valence-corrected chi connectivity index (χ0v) is 18.8. The molecule has 0 spiro atoms. The van der Waals surface area contributed by atoms with Gasteiger partial charge in [-0.2, -0.15) is 13.2 Å². The van der Waals surface area contributed by atoms with Gasteiger partial charge in [0.2, 0.25) is 5.54 Å². The lowest BCUT2D eigenvalue weighted by atomic mass is 9.72. The molecule has 2 aromatic rings. The van der Waals surface area contributed by atoms with Crippen LogP contribution in [0.25, 0.3) is 0 Å². The van der Waals surface area contributed by atoms with Gasteiger partial charge in [0.15, 0.2) is 11.5 Å². The van der Waals surface area contributed by atoms with Crippen LogP contribution in [0.3, 0.4) is 0 Å². The van der Waals surface area contributed by atoms with Crippen molar-refractivity contribution >= 4 is 17.6 Å². The molecule has 2 amide bonds. The maximum atomic E-state index is 14.7. The molecule has 1 aliphatic carbocycles. The average molecular weight is 476 g/mol. The normalized spacial score (nSPS) is 22.1. The van der Waals surface area contributed by atoms with Gasteiger partial charge in [-0.15, -0.1) is 0 Å². The number of rotatable bonds is 5. The zero-order valence-electron chi connectivity index (χ0n) is 18.8. The molecule has 1 N–H and O–H groups in total. The molecule has 1 aromatic carbocycles. The van der Waals surface area contributed by atoms with E-state index in [2.05, 4.69) is 0 Å². The Hall–Kier alpha value is -3.56. The van der Waals surface area contributed by atoms with Crippen LogP contribution in [-0.4, -0.2) is 41.3 Å². The summed E-state index contributed by atoms with van der Waals surface area (Å²) >= 11 is 0. The first kappa shape index (κ1) is 23.6. The highest BCUT2D eigenvalue weighted by Gasteiger charge is 2.71. The van der Waals surface area contributed by atoms with Crippen molar-refractivity contribution in [2.24, 2.45) is 5.41 Å². The third-order valence-corrected chi connectivity index (χ3v) is 6.09. The lowest BCUT2D eigenvalue weighted by Crippen LogP contribution is -2.66. The fourth-order valence-electron chi connectivity index (χ4n) is 4.55. The van der Waals surface area contributed by atoms with Gasteiger partial charge in [0.05, 0.1) is 25.5 Å². The summed E-state index contributed by atoms with van der Waals surface area (Å²) in [6, 6.07) is 9.00. The largest absolute Gasteiger partial charge is 0.497 e. The van der Waals surface area contributed by atoms with Crippen molar-refractivity contribution in [2.75, 3.05) is 7.11 Å². The second-order valence-corrected chi connectivity index (χ2v) is 9.18. The molecule has 2 aliphatic rings. The van der Waals surface area contributed by atoms with Crippen LogP contribution in [0.15, 0.2) is 58.3 Å². The summed E-state index contributed by atoms with van der Waals surface area (Å²) in [5.41, 5.74) is -4.39. The van der Waals surface area contributed by atoms with Crippen molar-refractivity contribution in [3.63, 3.8) is 0 Å². The summed E-state index contributed by atoms with van der Waals surface area (Å²) in [4.78, 5) is 40.3. The topological polar surface area (TPSA) is 88.8 Å². The van der Waals surface area contributed by atoms with Crippen molar-refractivity contribution < 1.29 is 36.7 Å². The summed E-state index contributed by atoms with van der Waals surface area (Å²) in [6.45, 7) is 3.29. The number of hydrogen-bond donors (Lipinski definition) is 1. The van der Waals surface area contributed by atoms with E-state index in [4.69, 9.17) is 9.15 Å². The monoisotopic (exact) mass is 476 g/mol. The summed E-state index contributed by atoms with van der Waals surface area (Å²) in [5, 5.41) is 1.83. The van der Waals surface area contributed by atoms with Crippen molar-refractivity contribution in [3.8, 4) is 5.75 Å². The van der Waals surface area contributed by atoms with Gasteiger partial charge in [-0.05, 0) is 41.7 Å². The first-order chi connectivity index (χ1) is 15.9. The molecule has 180 valence electrons. The van der Waals surface area contributed by atoms with Gasteiger partial charge in [0.25, 0.3) is 11.8 Å². The lowest BCUT2D eigenvalue weighted by molar-refractivity contribution is -0.191. The third kappa shape index (κ3) is 3.76. The number of benzene rings is 1. The van der Waals surface area contributed by atoms with E-state index in [0.717, 1.165) is 11.2 Å². The Labute approximate surface area is 193 Å². The Morgan fingerprint density at radius 2 is 1.82 bits per heavy atom. The van der Waals surface area contributed by atoms with Crippen molar-refractivity contribution in [1.82, 2.24) is 10.2 Å². The number of carbonyl (C=O) groups excluding carboxylic acids is 3. The van der Waals surface area contributed by atoms with Gasteiger partial charge >= 0.3 is 6.18 Å². The van der Waals surface area contributed by atoms with E-state index in [-0.39, 0.29) is 25.1 Å². The van der Waals surface area contributed by atoms with E-state index < -0.39 is 46.1 Å². The van der Waals surface area contributed by atoms with Gasteiger partial charge < -0.3 is 19.4 Å². The van der Waals surface area contributed by atoms with Gasteiger partial charge in [-0.25, -0.2) is 0 Å². The molecule has 0 bridgehead atoms. The van der Waals surface area contributed by atoms with E-state index in [0.29, 0.717) is 11.3 Å². The maximum Gasteiger partial charge on any atom is 0.425 e. The summed E-state index contributed by atoms with van der Waals surface area (Å²) in [7, 11) is 1.48. The first-order valence-electron chi connectivity index (χ1n) is 10.5. The van der Waals surface area contributed by atoms with Crippen LogP contribution in [0.1, 0.15) is 42.8 Å². The van der Waals surface area contributed by atoms with E-state index in [1.54, 1.807) is 38.1 Å². The zero-order chi connectivity index (χ0) is 24.9. The predicted octanol–water partition coefficient (Wildman–Crippen LogP) is 4.00. The van der Waals surface area contributed by atoms with Gasteiger partial charge in [0.1, 0.15) is 5.75 Å². The fraction of sp³-hybridized carbons (Fsp3) is 0.375. The maximum absolute atomic E-state index is 14.7. The SMILES string of the molecule is COc1ccc(CN2C(=O)C(NC(=O)c3ccco3)(C(F)(F)F)C3=C2CC(C)(C)CC3=O)cc1. The highest BCUT2D eigenvalue weighted by molar-refractivity contribution is 6.14. The van der Waals surface area contributed by atoms with Crippen LogP contribution in [0.4, 0.5) is 13.2 Å². The predicted molar refractivity (Wildman–Crippen MR) is 114 cm³/mol. The average Bonchev–Trinajstić information content (AvgIpc) is 3.36. The molecular weight excluding hydrogens is 453 g/mol. The van der Waals surface area contributed by atoms with Crippen molar-refractivity contribution in [3.05, 3.63) is 65.3 Å². The number of methoxy groups -OCH3 is 1. The van der Waals surface area contributed by atoms with E-state index in [1.165, 1.54) is 19.2 Å². The Balaban J connectivity index is 1.85. The Morgan fingerprint density at radius 3 is 2.38 bits per heavy atom. The Kier molecular flexibility index (Phi) is 5.58. The minimum Gasteiger partial charge on any atom is -0.497 e. The van der Waals surface area contributed by atoms with Crippen LogP contribution < -0.4 is 10.1 Å². The fourth-order valence-corrected chi connectivity index (χ4v) is 4.55. The number of ether oxygens (including phenoxy) is 1. The molecule has 7 nitrogen and oxygen atoms in total. The molecule has 34 heavy (non-hydrogen) atoms. The number of nitrogens with zero attached hydrogens (tertiary/aromatic N) is 1. The second kappa shape index (κ2) is 8.03. The van der Waals surface area contributed by atoms with E-state index >= 15 is 0 Å². The number of hydrogen-bond acceptors (Lipinski definition) is 5. The van der Waals surface area contributed by atoms with Gasteiger partial charge in [-0.1, -0.05) is 26.0 Å². The number of nitrogens with one attached hydrogen (secondary N) is 1. The lowest BCUT2D eigenvalue weighted by Gasteiger charge is -2.35. The summed E-state index contributed by atoms with van der Waals surface area (Å²) in [5.74, 6) is -3.36. The first-order valence-corrected chi connectivity index (χ1v) is 10.5. The summed E-state index contributed by atoms with van der Waals surface area (Å²) in [6.07, 6.45) is -4.28. The number of carbonyl (C=O) groups is 3. The highest BCUT2D eigenvalue weighted by atomic mass is 19.4. The number of furan rings is 1. The number of ketones is 1. The number of Topliss-reactive ketones (excluding diaryl/α,β-unsaturated/α-hetero) is 1. The van der Waals surface area contributed by atoms with Crippen LogP contribution in [0, 0.1) is 5.41 Å². The Bertz CT molecular complexity index is 1170. The smallest absolute Gasteiger partial charge is 0.425 e. The molecule has 1 aliphatic heterocycles. The highest BCUT2D eigenvalue weighted by Crippen LogP contribution is 2.52. The molecule has 10 heteroatoms. The van der Waals surface area contributed by atoms with E-state index in [9.17, 15) is 27.6 Å². The van der Waals surface area contributed by atoms with Crippen LogP contribution in [0.2, 0.25) is 0 Å². The van der Waals surface area contributed by atoms with Crippen LogP contribution in [0.5, 0.6) is 5.75 Å². The third-order valence-electron chi connectivity index (χ3n) is 6.09. The quantitative estimate of drug-likeness (QED) is 0.705. The van der Waals surface area contributed by atoms with Crippen molar-refractivity contribution in [1.29, 1.82) is 0 Å². The molecule has 0 radical (unpaired) electrons. The molecule has 0 saturated heterocycles. The number of allylic oxidation sites excluding steroid dienone is 1. The molecule has 2 heterocycles. The van der Waals surface area contributed by atoms with Crippen LogP contribution >= 0.6 is 0 Å². The molecule has 0 fully saturated rings. The number of alkyl halides is 3. The van der Waals surface area contributed by atoms with E-state index in [1.807, 2.05) is 5.32 Å². The minimum absolute atomic E-state index is 0.0286. The van der Waals surface area contributed by atoms with Crippen molar-refractivity contribution in [2.45, 2.75) is 44.9 Å². The summed E-state index contributed by atoms with van der Waals surface area (Å²) < 4.78 is 54.2. The number of amides is 2. The Morgan fingerprint density at radius 1 is 1.15 bits per heavy atom. The second-order valence-electron chi connectivity index (χ2n) is 9.18.